The standard InChI is InChI=1S/C16H17N5/c1-2-4-13(5-3-1)14-12-19-15(16-18-8-11-21(14)16)20-9-6-17-7-10-20/h1-5,8,11-12,17H,6-7,9-10H2. The summed E-state index contributed by atoms with van der Waals surface area (Å²) >= 11 is 0. The smallest absolute Gasteiger partial charge is 0.180 e. The Balaban J connectivity index is 1.84. The Labute approximate surface area is 123 Å². The highest BCUT2D eigenvalue weighted by atomic mass is 15.3. The molecule has 1 aliphatic heterocycles. The van der Waals surface area contributed by atoms with Crippen LogP contribution in [0.15, 0.2) is 48.9 Å². The molecule has 1 N–H and O–H groups in total. The van der Waals surface area contributed by atoms with E-state index in [2.05, 4.69) is 31.7 Å². The third-order valence-electron chi connectivity index (χ3n) is 3.90. The number of piperazine rings is 1. The normalized spacial score (nSPS) is 15.5. The minimum Gasteiger partial charge on any atom is -0.351 e. The van der Waals surface area contributed by atoms with E-state index in [-0.39, 0.29) is 0 Å². The number of hydrogen-bond donors (Lipinski definition) is 1. The summed E-state index contributed by atoms with van der Waals surface area (Å²) in [6, 6.07) is 10.3. The van der Waals surface area contributed by atoms with E-state index >= 15 is 0 Å². The highest BCUT2D eigenvalue weighted by Crippen LogP contribution is 2.25. The largest absolute Gasteiger partial charge is 0.351 e. The second-order valence-electron chi connectivity index (χ2n) is 5.19. The van der Waals surface area contributed by atoms with Crippen molar-refractivity contribution in [2.45, 2.75) is 0 Å². The van der Waals surface area contributed by atoms with Gasteiger partial charge in [0.1, 0.15) is 0 Å². The average molecular weight is 279 g/mol. The van der Waals surface area contributed by atoms with Crippen LogP contribution in [0.1, 0.15) is 0 Å². The molecule has 3 heterocycles. The number of rotatable bonds is 2. The van der Waals surface area contributed by atoms with Gasteiger partial charge < -0.3 is 10.2 Å². The van der Waals surface area contributed by atoms with Crippen LogP contribution >= 0.6 is 0 Å². The van der Waals surface area contributed by atoms with Crippen LogP contribution in [0.5, 0.6) is 0 Å². The maximum absolute atomic E-state index is 4.69. The van der Waals surface area contributed by atoms with Gasteiger partial charge in [0, 0.05) is 44.1 Å². The number of nitrogens with one attached hydrogen (secondary N) is 1. The Morgan fingerprint density at radius 3 is 2.62 bits per heavy atom. The summed E-state index contributed by atoms with van der Waals surface area (Å²) in [5.74, 6) is 0.973. The molecule has 0 saturated carbocycles. The van der Waals surface area contributed by atoms with Crippen molar-refractivity contribution >= 4 is 11.5 Å². The average Bonchev–Trinajstić information content (AvgIpc) is 3.05. The molecule has 1 aliphatic rings. The lowest BCUT2D eigenvalue weighted by atomic mass is 10.1. The van der Waals surface area contributed by atoms with Gasteiger partial charge in [-0.15, -0.1) is 0 Å². The van der Waals surface area contributed by atoms with Crippen LogP contribution in [0, 0.1) is 0 Å². The van der Waals surface area contributed by atoms with Gasteiger partial charge in [0.25, 0.3) is 0 Å². The SMILES string of the molecule is c1ccc(-c2cnc(N3CCNCC3)c3nccn23)cc1. The first-order valence-corrected chi connectivity index (χ1v) is 7.26. The van der Waals surface area contributed by atoms with Crippen molar-refractivity contribution in [3.63, 3.8) is 0 Å². The minimum atomic E-state index is 0.929. The van der Waals surface area contributed by atoms with Crippen LogP contribution in [0.25, 0.3) is 16.9 Å². The predicted octanol–water partition coefficient (Wildman–Crippen LogP) is 1.81. The zero-order valence-corrected chi connectivity index (χ0v) is 11.7. The summed E-state index contributed by atoms with van der Waals surface area (Å²) in [5.41, 5.74) is 3.15. The van der Waals surface area contributed by atoms with Crippen molar-refractivity contribution in [3.05, 3.63) is 48.9 Å². The number of imidazole rings is 1. The molecule has 1 saturated heterocycles. The van der Waals surface area contributed by atoms with E-state index in [1.54, 1.807) is 0 Å². The lowest BCUT2D eigenvalue weighted by Crippen LogP contribution is -2.44. The first-order chi connectivity index (χ1) is 10.4. The van der Waals surface area contributed by atoms with Crippen LogP contribution in [0.2, 0.25) is 0 Å². The molecule has 1 aromatic carbocycles. The Morgan fingerprint density at radius 1 is 1.00 bits per heavy atom. The monoisotopic (exact) mass is 279 g/mol. The second-order valence-corrected chi connectivity index (χ2v) is 5.19. The topological polar surface area (TPSA) is 45.5 Å². The maximum Gasteiger partial charge on any atom is 0.180 e. The molecule has 4 rings (SSSR count). The van der Waals surface area contributed by atoms with Crippen LogP contribution in [0.4, 0.5) is 5.82 Å². The highest BCUT2D eigenvalue weighted by molar-refractivity contribution is 5.71. The number of hydrogen-bond acceptors (Lipinski definition) is 4. The Kier molecular flexibility index (Phi) is 3.05. The van der Waals surface area contributed by atoms with Crippen LogP contribution in [-0.4, -0.2) is 40.5 Å². The molecule has 0 aliphatic carbocycles. The van der Waals surface area contributed by atoms with Gasteiger partial charge in [-0.1, -0.05) is 30.3 Å². The first kappa shape index (κ1) is 12.3. The summed E-state index contributed by atoms with van der Waals surface area (Å²) in [7, 11) is 0. The lowest BCUT2D eigenvalue weighted by molar-refractivity contribution is 0.585. The fourth-order valence-electron chi connectivity index (χ4n) is 2.83. The van der Waals surface area contributed by atoms with Gasteiger partial charge >= 0.3 is 0 Å². The third-order valence-corrected chi connectivity index (χ3v) is 3.90. The van der Waals surface area contributed by atoms with Crippen molar-refractivity contribution in [1.82, 2.24) is 19.7 Å². The molecule has 0 amide bonds. The fraction of sp³-hybridized carbons (Fsp3) is 0.250. The molecule has 0 atom stereocenters. The van der Waals surface area contributed by atoms with Crippen molar-refractivity contribution < 1.29 is 0 Å². The van der Waals surface area contributed by atoms with E-state index in [1.165, 1.54) is 0 Å². The van der Waals surface area contributed by atoms with Crippen molar-refractivity contribution in [3.8, 4) is 11.3 Å². The van der Waals surface area contributed by atoms with Crippen molar-refractivity contribution in [2.75, 3.05) is 31.1 Å². The van der Waals surface area contributed by atoms with Crippen LogP contribution < -0.4 is 10.2 Å². The van der Waals surface area contributed by atoms with E-state index in [9.17, 15) is 0 Å². The molecule has 0 unspecified atom stereocenters. The molecule has 3 aromatic rings. The van der Waals surface area contributed by atoms with E-state index in [0.29, 0.717) is 0 Å². The molecule has 0 bridgehead atoms. The van der Waals surface area contributed by atoms with E-state index in [1.807, 2.05) is 36.8 Å². The van der Waals surface area contributed by atoms with Gasteiger partial charge in [-0.25, -0.2) is 9.97 Å². The summed E-state index contributed by atoms with van der Waals surface area (Å²) < 4.78 is 2.12. The first-order valence-electron chi connectivity index (χ1n) is 7.26. The molecule has 21 heavy (non-hydrogen) atoms. The number of aromatic nitrogens is 3. The van der Waals surface area contributed by atoms with Crippen molar-refractivity contribution in [1.29, 1.82) is 0 Å². The van der Waals surface area contributed by atoms with Crippen molar-refractivity contribution in [2.24, 2.45) is 0 Å². The summed E-state index contributed by atoms with van der Waals surface area (Å²) in [4.78, 5) is 11.5. The van der Waals surface area contributed by atoms with E-state index in [4.69, 9.17) is 4.98 Å². The number of anilines is 1. The summed E-state index contributed by atoms with van der Waals surface area (Å²) in [6.07, 6.45) is 5.79. The van der Waals surface area contributed by atoms with Crippen LogP contribution in [0.3, 0.4) is 0 Å². The zero-order chi connectivity index (χ0) is 14.1. The highest BCUT2D eigenvalue weighted by Gasteiger charge is 2.17. The Bertz CT molecular complexity index is 744. The van der Waals surface area contributed by atoms with Crippen LogP contribution in [-0.2, 0) is 0 Å². The van der Waals surface area contributed by atoms with E-state index < -0.39 is 0 Å². The van der Waals surface area contributed by atoms with Gasteiger partial charge in [0.2, 0.25) is 0 Å². The minimum absolute atomic E-state index is 0.929. The second kappa shape index (κ2) is 5.18. The molecule has 0 spiro atoms. The van der Waals surface area contributed by atoms with E-state index in [0.717, 1.165) is 48.9 Å². The number of fused-ring (bicyclic) bond motifs is 1. The zero-order valence-electron chi connectivity index (χ0n) is 11.7. The quantitative estimate of drug-likeness (QED) is 0.777. The van der Waals surface area contributed by atoms with Gasteiger partial charge in [-0.2, -0.15) is 0 Å². The Morgan fingerprint density at radius 2 is 1.81 bits per heavy atom. The molecule has 1 fully saturated rings. The molecule has 2 aromatic heterocycles. The molecule has 5 heteroatoms. The predicted molar refractivity (Wildman–Crippen MR) is 83.5 cm³/mol. The molecule has 106 valence electrons. The Hall–Kier alpha value is -2.40. The van der Waals surface area contributed by atoms with Gasteiger partial charge in [0.05, 0.1) is 11.9 Å². The third kappa shape index (κ3) is 2.15. The van der Waals surface area contributed by atoms with Gasteiger partial charge in [-0.05, 0) is 0 Å². The van der Waals surface area contributed by atoms with Gasteiger partial charge in [-0.3, -0.25) is 4.40 Å². The molecule has 5 nitrogen and oxygen atoms in total. The number of nitrogens with zero attached hydrogens (tertiary/aromatic N) is 4. The summed E-state index contributed by atoms with van der Waals surface area (Å²) in [6.45, 7) is 3.93. The van der Waals surface area contributed by atoms with Gasteiger partial charge in [0.15, 0.2) is 11.5 Å². The molecular weight excluding hydrogens is 262 g/mol. The summed E-state index contributed by atoms with van der Waals surface area (Å²) in [5, 5.41) is 3.37. The molecular formula is C16H17N5. The number of benzene rings is 1. The molecule has 0 radical (unpaired) electrons. The lowest BCUT2D eigenvalue weighted by Gasteiger charge is -2.28. The maximum atomic E-state index is 4.69. The fourth-order valence-corrected chi connectivity index (χ4v) is 2.83.